The van der Waals surface area contributed by atoms with Crippen LogP contribution >= 0.6 is 0 Å². The van der Waals surface area contributed by atoms with Gasteiger partial charge in [0, 0.05) is 30.4 Å². The van der Waals surface area contributed by atoms with E-state index in [1.54, 1.807) is 0 Å². The minimum Gasteiger partial charge on any atom is -0.374 e. The lowest BCUT2D eigenvalue weighted by atomic mass is 10.1. The molecule has 132 valence electrons. The van der Waals surface area contributed by atoms with Gasteiger partial charge in [0.2, 0.25) is 0 Å². The number of rotatable bonds is 9. The van der Waals surface area contributed by atoms with Crippen molar-refractivity contribution in [1.29, 1.82) is 5.26 Å². The fourth-order valence-corrected chi connectivity index (χ4v) is 3.04. The molecular weight excluding hydrogens is 308 g/mol. The number of quaternary nitrogens is 2. The van der Waals surface area contributed by atoms with Crippen molar-refractivity contribution in [3.63, 3.8) is 0 Å². The van der Waals surface area contributed by atoms with Crippen LogP contribution in [0.2, 0.25) is 0 Å². The van der Waals surface area contributed by atoms with E-state index in [0.29, 0.717) is 12.5 Å². The van der Waals surface area contributed by atoms with Crippen LogP contribution < -0.4 is 15.1 Å². The number of likely N-dealkylation sites (N-methyl/N-ethyl adjacent to an activating group) is 1. The van der Waals surface area contributed by atoms with Gasteiger partial charge in [-0.15, -0.1) is 0 Å². The molecule has 0 radical (unpaired) electrons. The summed E-state index contributed by atoms with van der Waals surface area (Å²) >= 11 is 0. The number of nitrogens with two attached hydrogens (primary N) is 1. The van der Waals surface area contributed by atoms with Gasteiger partial charge in [0.05, 0.1) is 26.6 Å². The molecule has 25 heavy (non-hydrogen) atoms. The van der Waals surface area contributed by atoms with Gasteiger partial charge in [-0.1, -0.05) is 42.5 Å². The van der Waals surface area contributed by atoms with Crippen molar-refractivity contribution in [2.24, 2.45) is 0 Å². The first-order valence-electron chi connectivity index (χ1n) is 8.95. The molecule has 0 unspecified atom stereocenters. The molecule has 0 aliphatic heterocycles. The van der Waals surface area contributed by atoms with Crippen LogP contribution in [0.5, 0.6) is 0 Å². The van der Waals surface area contributed by atoms with Gasteiger partial charge < -0.3 is 15.1 Å². The maximum atomic E-state index is 8.69. The van der Waals surface area contributed by atoms with Gasteiger partial charge in [0.1, 0.15) is 13.1 Å². The molecular formula is C21H30N4+2. The maximum Gasteiger partial charge on any atom is 0.162 e. The lowest BCUT2D eigenvalue weighted by Gasteiger charge is -2.20. The van der Waals surface area contributed by atoms with Gasteiger partial charge >= 0.3 is 0 Å². The van der Waals surface area contributed by atoms with E-state index >= 15 is 0 Å². The van der Waals surface area contributed by atoms with Crippen molar-refractivity contribution < 1.29 is 10.2 Å². The number of benzene rings is 2. The molecule has 0 aliphatic carbocycles. The molecule has 0 aromatic heterocycles. The third-order valence-corrected chi connectivity index (χ3v) is 4.62. The Morgan fingerprint density at radius 2 is 1.76 bits per heavy atom. The number of hydrogen-bond acceptors (Lipinski definition) is 2. The summed E-state index contributed by atoms with van der Waals surface area (Å²) in [7, 11) is 6.47. The van der Waals surface area contributed by atoms with Gasteiger partial charge in [-0.05, 0) is 12.1 Å². The molecule has 0 heterocycles. The van der Waals surface area contributed by atoms with Gasteiger partial charge in [-0.2, -0.15) is 5.26 Å². The first kappa shape index (κ1) is 19.0. The zero-order valence-electron chi connectivity index (χ0n) is 15.6. The van der Waals surface area contributed by atoms with Crippen molar-refractivity contribution in [2.45, 2.75) is 19.0 Å². The zero-order chi connectivity index (χ0) is 18.1. The molecule has 3 N–H and O–H groups in total. The molecule has 2 aromatic carbocycles. The van der Waals surface area contributed by atoms with E-state index in [2.05, 4.69) is 85.0 Å². The second-order valence-electron chi connectivity index (χ2n) is 6.77. The molecule has 0 fully saturated rings. The predicted molar refractivity (Wildman–Crippen MR) is 102 cm³/mol. The van der Waals surface area contributed by atoms with Crippen LogP contribution in [0.3, 0.4) is 0 Å². The largest absolute Gasteiger partial charge is 0.374 e. The van der Waals surface area contributed by atoms with Crippen LogP contribution in [0, 0.1) is 11.3 Å². The van der Waals surface area contributed by atoms with Crippen molar-refractivity contribution in [2.75, 3.05) is 39.1 Å². The van der Waals surface area contributed by atoms with E-state index in [1.807, 2.05) is 7.05 Å². The minimum absolute atomic E-state index is 0.498. The van der Waals surface area contributed by atoms with Crippen LogP contribution in [-0.2, 0) is 6.54 Å². The number of nitriles is 1. The van der Waals surface area contributed by atoms with Gasteiger partial charge in [-0.25, -0.2) is 0 Å². The van der Waals surface area contributed by atoms with Crippen LogP contribution in [0.25, 0.3) is 0 Å². The monoisotopic (exact) mass is 338 g/mol. The Morgan fingerprint density at radius 3 is 2.36 bits per heavy atom. The quantitative estimate of drug-likeness (QED) is 0.716. The van der Waals surface area contributed by atoms with Crippen molar-refractivity contribution >= 4 is 5.69 Å². The normalized spacial score (nSPS) is 12.0. The standard InChI is InChI=1S/C21H28N4/c1-24(2)21(19-8-5-4-6-9-19)17-23-16-18-10-12-20(13-11-18)25(3)15-7-14-22/h4-6,8-13,21,23H,7,15-17H2,1-3H3/p+2/t21-/m0/s1. The summed E-state index contributed by atoms with van der Waals surface area (Å²) < 4.78 is 0. The van der Waals surface area contributed by atoms with Crippen LogP contribution in [-0.4, -0.2) is 34.2 Å². The van der Waals surface area contributed by atoms with Crippen LogP contribution in [0.15, 0.2) is 54.6 Å². The number of anilines is 1. The van der Waals surface area contributed by atoms with E-state index in [-0.39, 0.29) is 0 Å². The summed E-state index contributed by atoms with van der Waals surface area (Å²) in [6, 6.07) is 22.1. The zero-order valence-corrected chi connectivity index (χ0v) is 15.6. The summed E-state index contributed by atoms with van der Waals surface area (Å²) in [6.45, 7) is 2.82. The summed E-state index contributed by atoms with van der Waals surface area (Å²) in [5.74, 6) is 0. The molecule has 4 nitrogen and oxygen atoms in total. The first-order valence-corrected chi connectivity index (χ1v) is 8.95. The van der Waals surface area contributed by atoms with Crippen molar-refractivity contribution in [1.82, 2.24) is 0 Å². The fourth-order valence-electron chi connectivity index (χ4n) is 3.04. The highest BCUT2D eigenvalue weighted by molar-refractivity contribution is 5.46. The second-order valence-corrected chi connectivity index (χ2v) is 6.77. The van der Waals surface area contributed by atoms with Crippen molar-refractivity contribution in [3.8, 4) is 6.07 Å². The summed E-state index contributed by atoms with van der Waals surface area (Å²) in [5, 5.41) is 11.1. The molecule has 0 saturated carbocycles. The predicted octanol–water partition coefficient (Wildman–Crippen LogP) is 0.986. The Balaban J connectivity index is 1.87. The molecule has 0 bridgehead atoms. The van der Waals surface area contributed by atoms with Crippen LogP contribution in [0.4, 0.5) is 5.69 Å². The number of nitrogens with zero attached hydrogens (tertiary/aromatic N) is 2. The Kier molecular flexibility index (Phi) is 7.46. The number of hydrogen-bond donors (Lipinski definition) is 2. The van der Waals surface area contributed by atoms with Gasteiger partial charge in [0.25, 0.3) is 0 Å². The van der Waals surface area contributed by atoms with E-state index < -0.39 is 0 Å². The SMILES string of the molecule is CN(CCC#N)c1ccc(C[NH2+]C[C@@H](c2ccccc2)[NH+](C)C)cc1. The summed E-state index contributed by atoms with van der Waals surface area (Å²) in [6.07, 6.45) is 0.555. The Bertz CT molecular complexity index is 659. The lowest BCUT2D eigenvalue weighted by molar-refractivity contribution is -0.910. The molecule has 0 spiro atoms. The topological polar surface area (TPSA) is 48.1 Å². The Hall–Kier alpha value is -2.35. The van der Waals surface area contributed by atoms with Gasteiger partial charge in [0.15, 0.2) is 6.04 Å². The molecule has 0 amide bonds. The summed E-state index contributed by atoms with van der Waals surface area (Å²) in [5.41, 5.74) is 3.89. The van der Waals surface area contributed by atoms with Crippen molar-refractivity contribution in [3.05, 3.63) is 65.7 Å². The second kappa shape index (κ2) is 9.83. The Morgan fingerprint density at radius 1 is 1.08 bits per heavy atom. The molecule has 1 atom stereocenters. The smallest absolute Gasteiger partial charge is 0.162 e. The molecule has 2 aromatic rings. The van der Waals surface area contributed by atoms with E-state index in [1.165, 1.54) is 21.7 Å². The maximum absolute atomic E-state index is 8.69. The fraction of sp³-hybridized carbons (Fsp3) is 0.381. The Labute approximate surface area is 151 Å². The molecule has 4 heteroatoms. The third-order valence-electron chi connectivity index (χ3n) is 4.62. The lowest BCUT2D eigenvalue weighted by Crippen LogP contribution is -3.09. The molecule has 0 aliphatic rings. The van der Waals surface area contributed by atoms with Crippen LogP contribution in [0.1, 0.15) is 23.6 Å². The van der Waals surface area contributed by atoms with Gasteiger partial charge in [-0.3, -0.25) is 0 Å². The average molecular weight is 338 g/mol. The van der Waals surface area contributed by atoms with E-state index in [4.69, 9.17) is 5.26 Å². The van der Waals surface area contributed by atoms with E-state index in [9.17, 15) is 0 Å². The molecule has 0 saturated heterocycles. The molecule has 2 rings (SSSR count). The third kappa shape index (κ3) is 5.90. The minimum atomic E-state index is 0.498. The highest BCUT2D eigenvalue weighted by Gasteiger charge is 2.19. The van der Waals surface area contributed by atoms with E-state index in [0.717, 1.165) is 19.6 Å². The highest BCUT2D eigenvalue weighted by atomic mass is 15.1. The first-order chi connectivity index (χ1) is 12.1. The average Bonchev–Trinajstić information content (AvgIpc) is 2.64. The highest BCUT2D eigenvalue weighted by Crippen LogP contribution is 2.13. The summed E-state index contributed by atoms with van der Waals surface area (Å²) in [4.78, 5) is 3.58. The number of nitrogens with one attached hydrogen (secondary N) is 1.